The van der Waals surface area contributed by atoms with E-state index in [2.05, 4.69) is 10.6 Å². The summed E-state index contributed by atoms with van der Waals surface area (Å²) in [5, 5.41) is 5.33. The molecule has 0 heterocycles. The highest BCUT2D eigenvalue weighted by atomic mass is 35.5. The van der Waals surface area contributed by atoms with Crippen LogP contribution in [0.4, 0.5) is 5.69 Å². The number of nitrogens with two attached hydrogens (primary N) is 1. The smallest absolute Gasteiger partial charge is 0.253 e. The molecule has 1 aromatic carbocycles. The van der Waals surface area contributed by atoms with Crippen molar-refractivity contribution in [1.82, 2.24) is 5.32 Å². The lowest BCUT2D eigenvalue weighted by molar-refractivity contribution is -0.121. The van der Waals surface area contributed by atoms with E-state index in [1.807, 2.05) is 13.8 Å². The zero-order chi connectivity index (χ0) is 15.0. The number of anilines is 1. The minimum Gasteiger partial charge on any atom is -0.369 e. The number of hydrogen-bond donors (Lipinski definition) is 3. The molecule has 0 fully saturated rings. The number of para-hydroxylation sites is 1. The van der Waals surface area contributed by atoms with Gasteiger partial charge >= 0.3 is 0 Å². The number of nitrogens with one attached hydrogen (secondary N) is 2. The standard InChI is InChI=1S/C14H21N3O3.ClH/c1-10(2)20-9-13(18)17-12-6-4-3-5-11(12)14(19)16-8-7-15;/h3-6,10H,7-9,15H2,1-2H3,(H,16,19)(H,17,18);1H. The Morgan fingerprint density at radius 2 is 1.95 bits per heavy atom. The molecule has 0 spiro atoms. The summed E-state index contributed by atoms with van der Waals surface area (Å²) in [7, 11) is 0. The van der Waals surface area contributed by atoms with Crippen LogP contribution < -0.4 is 16.4 Å². The summed E-state index contributed by atoms with van der Waals surface area (Å²) < 4.78 is 5.21. The van der Waals surface area contributed by atoms with E-state index >= 15 is 0 Å². The molecule has 1 rings (SSSR count). The van der Waals surface area contributed by atoms with Crippen LogP contribution in [-0.4, -0.2) is 37.6 Å². The highest BCUT2D eigenvalue weighted by Gasteiger charge is 2.12. The third-order valence-corrected chi connectivity index (χ3v) is 2.42. The second-order valence-corrected chi connectivity index (χ2v) is 4.50. The molecule has 7 heteroatoms. The van der Waals surface area contributed by atoms with Gasteiger partial charge in [-0.2, -0.15) is 0 Å². The van der Waals surface area contributed by atoms with Crippen molar-refractivity contribution in [2.24, 2.45) is 5.73 Å². The molecular weight excluding hydrogens is 294 g/mol. The van der Waals surface area contributed by atoms with Crippen molar-refractivity contribution in [3.8, 4) is 0 Å². The second-order valence-electron chi connectivity index (χ2n) is 4.50. The van der Waals surface area contributed by atoms with E-state index in [4.69, 9.17) is 10.5 Å². The predicted octanol–water partition coefficient (Wildman–Crippen LogP) is 1.16. The Morgan fingerprint density at radius 1 is 1.29 bits per heavy atom. The van der Waals surface area contributed by atoms with Gasteiger partial charge in [-0.1, -0.05) is 12.1 Å². The number of hydrogen-bond acceptors (Lipinski definition) is 4. The van der Waals surface area contributed by atoms with Gasteiger partial charge in [-0.25, -0.2) is 0 Å². The lowest BCUT2D eigenvalue weighted by Crippen LogP contribution is -2.30. The molecule has 0 saturated carbocycles. The van der Waals surface area contributed by atoms with Crippen LogP contribution in [-0.2, 0) is 9.53 Å². The highest BCUT2D eigenvalue weighted by Crippen LogP contribution is 2.14. The van der Waals surface area contributed by atoms with Gasteiger partial charge in [0.05, 0.1) is 17.4 Å². The van der Waals surface area contributed by atoms with Crippen molar-refractivity contribution in [1.29, 1.82) is 0 Å². The molecule has 0 radical (unpaired) electrons. The van der Waals surface area contributed by atoms with Gasteiger partial charge in [-0.3, -0.25) is 9.59 Å². The number of carbonyl (C=O) groups is 2. The van der Waals surface area contributed by atoms with Crippen LogP contribution in [0.15, 0.2) is 24.3 Å². The quantitative estimate of drug-likeness (QED) is 0.704. The number of ether oxygens (including phenoxy) is 1. The number of halogens is 1. The average Bonchev–Trinajstić information content (AvgIpc) is 2.43. The third-order valence-electron chi connectivity index (χ3n) is 2.42. The Balaban J connectivity index is 0.00000400. The summed E-state index contributed by atoms with van der Waals surface area (Å²) in [6, 6.07) is 6.80. The highest BCUT2D eigenvalue weighted by molar-refractivity contribution is 6.03. The molecule has 1 aromatic rings. The van der Waals surface area contributed by atoms with Crippen molar-refractivity contribution in [2.45, 2.75) is 20.0 Å². The van der Waals surface area contributed by atoms with Gasteiger partial charge in [0, 0.05) is 13.1 Å². The first-order valence-electron chi connectivity index (χ1n) is 6.53. The maximum atomic E-state index is 11.9. The topological polar surface area (TPSA) is 93.4 Å². The molecule has 0 saturated heterocycles. The molecule has 118 valence electrons. The van der Waals surface area contributed by atoms with Crippen LogP contribution in [0.25, 0.3) is 0 Å². The van der Waals surface area contributed by atoms with E-state index in [1.54, 1.807) is 24.3 Å². The van der Waals surface area contributed by atoms with Crippen LogP contribution in [0.5, 0.6) is 0 Å². The van der Waals surface area contributed by atoms with Gasteiger partial charge in [0.2, 0.25) is 5.91 Å². The third kappa shape index (κ3) is 7.08. The maximum Gasteiger partial charge on any atom is 0.253 e. The van der Waals surface area contributed by atoms with Crippen molar-refractivity contribution in [3.63, 3.8) is 0 Å². The Morgan fingerprint density at radius 3 is 2.57 bits per heavy atom. The fourth-order valence-corrected chi connectivity index (χ4v) is 1.50. The number of benzene rings is 1. The van der Waals surface area contributed by atoms with Crippen LogP contribution in [0.2, 0.25) is 0 Å². The van der Waals surface area contributed by atoms with Crippen LogP contribution >= 0.6 is 12.4 Å². The fraction of sp³-hybridized carbons (Fsp3) is 0.429. The number of rotatable bonds is 7. The van der Waals surface area contributed by atoms with Gasteiger partial charge in [-0.15, -0.1) is 12.4 Å². The fourth-order valence-electron chi connectivity index (χ4n) is 1.50. The summed E-state index contributed by atoms with van der Waals surface area (Å²) in [5.74, 6) is -0.561. The Bertz CT molecular complexity index is 467. The molecule has 6 nitrogen and oxygen atoms in total. The molecule has 4 N–H and O–H groups in total. The number of carbonyl (C=O) groups excluding carboxylic acids is 2. The van der Waals surface area contributed by atoms with Crippen LogP contribution in [0.3, 0.4) is 0 Å². The molecular formula is C14H22ClN3O3. The van der Waals surface area contributed by atoms with E-state index in [1.165, 1.54) is 0 Å². The molecule has 0 aliphatic carbocycles. The van der Waals surface area contributed by atoms with Gasteiger partial charge < -0.3 is 21.1 Å². The van der Waals surface area contributed by atoms with Crippen molar-refractivity contribution >= 4 is 29.9 Å². The molecule has 0 aliphatic rings. The van der Waals surface area contributed by atoms with Gasteiger partial charge in [0.15, 0.2) is 0 Å². The predicted molar refractivity (Wildman–Crippen MR) is 84.8 cm³/mol. The van der Waals surface area contributed by atoms with Crippen molar-refractivity contribution in [3.05, 3.63) is 29.8 Å². The first-order chi connectivity index (χ1) is 9.54. The monoisotopic (exact) mass is 315 g/mol. The normalized spacial score (nSPS) is 9.90. The summed E-state index contributed by atoms with van der Waals surface area (Å²) in [6.45, 7) is 4.40. The van der Waals surface area contributed by atoms with E-state index in [0.29, 0.717) is 24.3 Å². The molecule has 0 aliphatic heterocycles. The van der Waals surface area contributed by atoms with Crippen LogP contribution in [0, 0.1) is 0 Å². The minimum absolute atomic E-state index is 0. The zero-order valence-electron chi connectivity index (χ0n) is 12.2. The SMILES string of the molecule is CC(C)OCC(=O)Nc1ccccc1C(=O)NCCN.Cl. The Hall–Kier alpha value is -1.63. The molecule has 2 amide bonds. The summed E-state index contributed by atoms with van der Waals surface area (Å²) >= 11 is 0. The average molecular weight is 316 g/mol. The number of amides is 2. The minimum atomic E-state index is -0.294. The lowest BCUT2D eigenvalue weighted by atomic mass is 10.1. The largest absolute Gasteiger partial charge is 0.369 e. The van der Waals surface area contributed by atoms with E-state index < -0.39 is 0 Å². The van der Waals surface area contributed by atoms with Gasteiger partial charge in [0.1, 0.15) is 6.61 Å². The summed E-state index contributed by atoms with van der Waals surface area (Å²) in [6.07, 6.45) is -0.0242. The van der Waals surface area contributed by atoms with E-state index in [0.717, 1.165) is 0 Å². The molecule has 0 bridgehead atoms. The Labute approximate surface area is 130 Å². The first-order valence-corrected chi connectivity index (χ1v) is 6.53. The zero-order valence-corrected chi connectivity index (χ0v) is 13.0. The second kappa shape index (κ2) is 10.1. The Kier molecular flexibility index (Phi) is 9.36. The van der Waals surface area contributed by atoms with Crippen LogP contribution in [0.1, 0.15) is 24.2 Å². The maximum absolute atomic E-state index is 11.9. The molecule has 0 atom stereocenters. The van der Waals surface area contributed by atoms with Crippen molar-refractivity contribution in [2.75, 3.05) is 25.0 Å². The molecule has 0 unspecified atom stereocenters. The van der Waals surface area contributed by atoms with Gasteiger partial charge in [0.25, 0.3) is 5.91 Å². The van der Waals surface area contributed by atoms with Crippen molar-refractivity contribution < 1.29 is 14.3 Å². The van der Waals surface area contributed by atoms with E-state index in [-0.39, 0.29) is 36.9 Å². The summed E-state index contributed by atoms with van der Waals surface area (Å²) in [4.78, 5) is 23.6. The molecule has 0 aromatic heterocycles. The lowest BCUT2D eigenvalue weighted by Gasteiger charge is -2.12. The first kappa shape index (κ1) is 19.4. The van der Waals surface area contributed by atoms with E-state index in [9.17, 15) is 9.59 Å². The van der Waals surface area contributed by atoms with Gasteiger partial charge in [-0.05, 0) is 26.0 Å². The molecule has 21 heavy (non-hydrogen) atoms. The summed E-state index contributed by atoms with van der Waals surface area (Å²) in [5.41, 5.74) is 6.20.